The summed E-state index contributed by atoms with van der Waals surface area (Å²) in [6.45, 7) is 4.42. The summed E-state index contributed by atoms with van der Waals surface area (Å²) in [7, 11) is 2.20. The molecule has 0 amide bonds. The molecular formula is C14H22N2. The second-order valence-electron chi connectivity index (χ2n) is 5.22. The van der Waals surface area contributed by atoms with E-state index in [1.54, 1.807) is 0 Å². The number of rotatable bonds is 4. The molecule has 2 nitrogen and oxygen atoms in total. The summed E-state index contributed by atoms with van der Waals surface area (Å²) in [5, 5.41) is 0. The van der Waals surface area contributed by atoms with Crippen LogP contribution in [-0.2, 0) is 6.54 Å². The van der Waals surface area contributed by atoms with Crippen LogP contribution in [0.25, 0.3) is 0 Å². The quantitative estimate of drug-likeness (QED) is 0.839. The van der Waals surface area contributed by atoms with Crippen LogP contribution in [0.2, 0.25) is 0 Å². The fourth-order valence-corrected chi connectivity index (χ4v) is 2.52. The van der Waals surface area contributed by atoms with Gasteiger partial charge >= 0.3 is 0 Å². The minimum Gasteiger partial charge on any atom is -0.328 e. The number of benzene rings is 1. The summed E-state index contributed by atoms with van der Waals surface area (Å²) in [5.74, 6) is 0.823. The smallest absolute Gasteiger partial charge is 0.0233 e. The van der Waals surface area contributed by atoms with E-state index in [1.807, 2.05) is 0 Å². The lowest BCUT2D eigenvalue weighted by atomic mass is 9.80. The Hall–Kier alpha value is -0.860. The first-order valence-electron chi connectivity index (χ1n) is 6.14. The van der Waals surface area contributed by atoms with E-state index in [4.69, 9.17) is 5.73 Å². The van der Waals surface area contributed by atoms with Crippen LogP contribution in [0.1, 0.15) is 24.0 Å². The maximum absolute atomic E-state index is 5.80. The van der Waals surface area contributed by atoms with Crippen molar-refractivity contribution in [1.82, 2.24) is 4.90 Å². The monoisotopic (exact) mass is 218 g/mol. The summed E-state index contributed by atoms with van der Waals surface area (Å²) in [5.41, 5.74) is 8.63. The van der Waals surface area contributed by atoms with Gasteiger partial charge in [-0.05, 0) is 43.9 Å². The molecule has 0 aliphatic heterocycles. The van der Waals surface area contributed by atoms with Crippen LogP contribution in [0, 0.1) is 12.8 Å². The predicted octanol–water partition coefficient (Wildman–Crippen LogP) is 2.16. The van der Waals surface area contributed by atoms with Crippen molar-refractivity contribution in [3.8, 4) is 0 Å². The van der Waals surface area contributed by atoms with E-state index in [-0.39, 0.29) is 0 Å². The van der Waals surface area contributed by atoms with Crippen molar-refractivity contribution in [2.75, 3.05) is 13.6 Å². The Morgan fingerprint density at radius 1 is 1.31 bits per heavy atom. The molecule has 2 N–H and O–H groups in total. The van der Waals surface area contributed by atoms with Gasteiger partial charge in [0.2, 0.25) is 0 Å². The van der Waals surface area contributed by atoms with Crippen molar-refractivity contribution in [3.63, 3.8) is 0 Å². The van der Waals surface area contributed by atoms with E-state index in [1.165, 1.54) is 30.5 Å². The van der Waals surface area contributed by atoms with Crippen molar-refractivity contribution in [3.05, 3.63) is 35.4 Å². The lowest BCUT2D eigenvalue weighted by Crippen LogP contribution is -2.41. The Morgan fingerprint density at radius 3 is 2.62 bits per heavy atom. The molecule has 0 bridgehead atoms. The number of aryl methyl sites for hydroxylation is 1. The molecule has 0 aromatic heterocycles. The third-order valence-corrected chi connectivity index (χ3v) is 3.54. The van der Waals surface area contributed by atoms with Crippen LogP contribution >= 0.6 is 0 Å². The lowest BCUT2D eigenvalue weighted by Gasteiger charge is -2.35. The van der Waals surface area contributed by atoms with E-state index < -0.39 is 0 Å². The summed E-state index contributed by atoms with van der Waals surface area (Å²) in [6.07, 6.45) is 2.41. The molecule has 1 aromatic carbocycles. The summed E-state index contributed by atoms with van der Waals surface area (Å²) in [6, 6.07) is 9.09. The van der Waals surface area contributed by atoms with E-state index >= 15 is 0 Å². The third-order valence-electron chi connectivity index (χ3n) is 3.54. The van der Waals surface area contributed by atoms with E-state index in [0.717, 1.165) is 12.5 Å². The molecule has 88 valence electrons. The molecule has 1 aliphatic carbocycles. The number of nitrogens with zero attached hydrogens (tertiary/aromatic N) is 1. The van der Waals surface area contributed by atoms with Gasteiger partial charge in [-0.1, -0.05) is 24.3 Å². The van der Waals surface area contributed by atoms with Crippen molar-refractivity contribution in [1.29, 1.82) is 0 Å². The Labute approximate surface area is 98.4 Å². The fourth-order valence-electron chi connectivity index (χ4n) is 2.52. The maximum atomic E-state index is 5.80. The molecule has 0 spiro atoms. The van der Waals surface area contributed by atoms with Gasteiger partial charge in [-0.25, -0.2) is 0 Å². The van der Waals surface area contributed by atoms with E-state index in [9.17, 15) is 0 Å². The zero-order valence-electron chi connectivity index (χ0n) is 10.3. The Kier molecular flexibility index (Phi) is 3.62. The minimum atomic E-state index is 0.469. The van der Waals surface area contributed by atoms with Gasteiger partial charge in [-0.2, -0.15) is 0 Å². The van der Waals surface area contributed by atoms with Gasteiger partial charge in [-0.15, -0.1) is 0 Å². The van der Waals surface area contributed by atoms with Crippen molar-refractivity contribution >= 4 is 0 Å². The normalized spacial score (nSPS) is 24.5. The molecule has 0 saturated heterocycles. The first-order chi connectivity index (χ1) is 7.65. The summed E-state index contributed by atoms with van der Waals surface area (Å²) >= 11 is 0. The third kappa shape index (κ3) is 2.83. The average Bonchev–Trinajstić information content (AvgIpc) is 2.19. The van der Waals surface area contributed by atoms with Gasteiger partial charge in [-0.3, -0.25) is 0 Å². The van der Waals surface area contributed by atoms with Gasteiger partial charge in [0.1, 0.15) is 0 Å². The fraction of sp³-hybridized carbons (Fsp3) is 0.571. The topological polar surface area (TPSA) is 29.3 Å². The van der Waals surface area contributed by atoms with Crippen molar-refractivity contribution in [2.45, 2.75) is 32.4 Å². The highest BCUT2D eigenvalue weighted by Gasteiger charge is 2.26. The number of hydrogen-bond donors (Lipinski definition) is 1. The van der Waals surface area contributed by atoms with Gasteiger partial charge in [0.05, 0.1) is 0 Å². The molecule has 0 radical (unpaired) electrons. The summed E-state index contributed by atoms with van der Waals surface area (Å²) in [4.78, 5) is 2.42. The second kappa shape index (κ2) is 4.98. The molecule has 1 aromatic rings. The first kappa shape index (κ1) is 11.6. The highest BCUT2D eigenvalue weighted by atomic mass is 15.1. The van der Waals surface area contributed by atoms with E-state index in [2.05, 4.69) is 43.1 Å². The largest absolute Gasteiger partial charge is 0.328 e. The Balaban J connectivity index is 1.83. The van der Waals surface area contributed by atoms with Crippen LogP contribution in [-0.4, -0.2) is 24.5 Å². The van der Waals surface area contributed by atoms with Crippen LogP contribution in [0.5, 0.6) is 0 Å². The molecule has 0 heterocycles. The minimum absolute atomic E-state index is 0.469. The lowest BCUT2D eigenvalue weighted by molar-refractivity contribution is 0.178. The molecule has 2 rings (SSSR count). The number of hydrogen-bond acceptors (Lipinski definition) is 2. The van der Waals surface area contributed by atoms with Crippen molar-refractivity contribution in [2.24, 2.45) is 11.7 Å². The van der Waals surface area contributed by atoms with Gasteiger partial charge in [0.15, 0.2) is 0 Å². The van der Waals surface area contributed by atoms with Crippen molar-refractivity contribution < 1.29 is 0 Å². The SMILES string of the molecule is Cc1ccccc1CN(C)CC1CC(N)C1. The maximum Gasteiger partial charge on any atom is 0.0233 e. The predicted molar refractivity (Wildman–Crippen MR) is 68.2 cm³/mol. The van der Waals surface area contributed by atoms with Crippen LogP contribution < -0.4 is 5.73 Å². The van der Waals surface area contributed by atoms with Gasteiger partial charge in [0.25, 0.3) is 0 Å². The Morgan fingerprint density at radius 2 is 2.00 bits per heavy atom. The van der Waals surface area contributed by atoms with Gasteiger partial charge in [0, 0.05) is 19.1 Å². The van der Waals surface area contributed by atoms with Gasteiger partial charge < -0.3 is 10.6 Å². The zero-order valence-corrected chi connectivity index (χ0v) is 10.3. The second-order valence-corrected chi connectivity index (χ2v) is 5.22. The highest BCUT2D eigenvalue weighted by Crippen LogP contribution is 2.26. The molecule has 1 fully saturated rings. The molecule has 16 heavy (non-hydrogen) atoms. The standard InChI is InChI=1S/C14H22N2/c1-11-5-3-4-6-13(11)10-16(2)9-12-7-14(15)8-12/h3-6,12,14H,7-10,15H2,1-2H3. The molecular weight excluding hydrogens is 196 g/mol. The van der Waals surface area contributed by atoms with Crippen LogP contribution in [0.3, 0.4) is 0 Å². The molecule has 1 aliphatic rings. The molecule has 1 saturated carbocycles. The van der Waals surface area contributed by atoms with E-state index in [0.29, 0.717) is 6.04 Å². The first-order valence-corrected chi connectivity index (χ1v) is 6.14. The summed E-state index contributed by atoms with van der Waals surface area (Å²) < 4.78 is 0. The molecule has 0 atom stereocenters. The zero-order chi connectivity index (χ0) is 11.5. The average molecular weight is 218 g/mol. The number of nitrogens with two attached hydrogens (primary N) is 1. The van der Waals surface area contributed by atoms with Crippen LogP contribution in [0.4, 0.5) is 0 Å². The highest BCUT2D eigenvalue weighted by molar-refractivity contribution is 5.25. The Bertz CT molecular complexity index is 342. The van der Waals surface area contributed by atoms with Crippen LogP contribution in [0.15, 0.2) is 24.3 Å². The molecule has 0 unspecified atom stereocenters. The molecule has 2 heteroatoms.